The molecule has 30 heavy (non-hydrogen) atoms. The molecular formula is C24H39N5O. The molecule has 3 aliphatic heterocycles. The summed E-state index contributed by atoms with van der Waals surface area (Å²) in [5.74, 6) is 2.19. The minimum absolute atomic E-state index is 0.808. The Morgan fingerprint density at radius 2 is 1.50 bits per heavy atom. The van der Waals surface area contributed by atoms with Crippen LogP contribution in [0.15, 0.2) is 36.7 Å². The molecule has 0 aromatic heterocycles. The van der Waals surface area contributed by atoms with Crippen molar-refractivity contribution in [2.75, 3.05) is 83.5 Å². The zero-order chi connectivity index (χ0) is 20.6. The van der Waals surface area contributed by atoms with Crippen molar-refractivity contribution in [3.8, 4) is 5.75 Å². The lowest BCUT2D eigenvalue weighted by molar-refractivity contribution is 0.187. The summed E-state index contributed by atoms with van der Waals surface area (Å²) in [4.78, 5) is 9.92. The van der Waals surface area contributed by atoms with Crippen molar-refractivity contribution in [3.63, 3.8) is 0 Å². The molecule has 1 aromatic carbocycles. The topological polar surface area (TPSA) is 34.2 Å². The number of piperazine rings is 2. The number of hydrogen-bond acceptors (Lipinski definition) is 6. The zero-order valence-corrected chi connectivity index (χ0v) is 18.5. The Bertz CT molecular complexity index is 644. The van der Waals surface area contributed by atoms with Gasteiger partial charge in [0.2, 0.25) is 0 Å². The van der Waals surface area contributed by atoms with Gasteiger partial charge in [0.25, 0.3) is 0 Å². The molecule has 3 fully saturated rings. The second-order valence-corrected chi connectivity index (χ2v) is 8.73. The predicted molar refractivity (Wildman–Crippen MR) is 124 cm³/mol. The van der Waals surface area contributed by atoms with E-state index in [4.69, 9.17) is 4.74 Å². The van der Waals surface area contributed by atoms with Gasteiger partial charge in [-0.25, -0.2) is 0 Å². The fourth-order valence-electron chi connectivity index (χ4n) is 4.76. The van der Waals surface area contributed by atoms with Gasteiger partial charge in [0.15, 0.2) is 0 Å². The molecule has 0 radical (unpaired) electrons. The van der Waals surface area contributed by atoms with Gasteiger partial charge in [-0.1, -0.05) is 13.0 Å². The molecule has 4 rings (SSSR count). The summed E-state index contributed by atoms with van der Waals surface area (Å²) in [6.07, 6.45) is 5.24. The second kappa shape index (κ2) is 10.9. The first-order chi connectivity index (χ1) is 14.8. The number of nitrogens with zero attached hydrogens (tertiary/aromatic N) is 4. The van der Waals surface area contributed by atoms with Gasteiger partial charge in [0.1, 0.15) is 5.75 Å². The van der Waals surface area contributed by atoms with Crippen molar-refractivity contribution in [3.05, 3.63) is 36.7 Å². The van der Waals surface area contributed by atoms with E-state index in [2.05, 4.69) is 55.8 Å². The molecule has 0 spiro atoms. The highest BCUT2D eigenvalue weighted by molar-refractivity contribution is 5.49. The molecule has 1 N–H and O–H groups in total. The quantitative estimate of drug-likeness (QED) is 0.660. The van der Waals surface area contributed by atoms with E-state index in [0.717, 1.165) is 71.1 Å². The third-order valence-electron chi connectivity index (χ3n) is 6.66. The van der Waals surface area contributed by atoms with Gasteiger partial charge in [-0.3, -0.25) is 0 Å². The van der Waals surface area contributed by atoms with Crippen LogP contribution in [0.5, 0.6) is 5.75 Å². The summed E-state index contributed by atoms with van der Waals surface area (Å²) in [5, 5.41) is 3.41. The van der Waals surface area contributed by atoms with Crippen LogP contribution in [0, 0.1) is 0 Å². The molecule has 166 valence electrons. The normalized spacial score (nSPS) is 21.0. The molecular weight excluding hydrogens is 374 g/mol. The lowest BCUT2D eigenvalue weighted by Gasteiger charge is -2.42. The van der Waals surface area contributed by atoms with Crippen molar-refractivity contribution in [1.82, 2.24) is 20.0 Å². The molecule has 0 atom stereocenters. The van der Waals surface area contributed by atoms with Crippen LogP contribution in [-0.2, 0) is 0 Å². The Labute approximate surface area is 182 Å². The fourth-order valence-corrected chi connectivity index (χ4v) is 4.76. The Morgan fingerprint density at radius 3 is 2.20 bits per heavy atom. The second-order valence-electron chi connectivity index (χ2n) is 8.73. The third kappa shape index (κ3) is 5.82. The van der Waals surface area contributed by atoms with Crippen LogP contribution >= 0.6 is 0 Å². The molecule has 3 heterocycles. The van der Waals surface area contributed by atoms with Gasteiger partial charge in [-0.2, -0.15) is 0 Å². The maximum Gasteiger partial charge on any atom is 0.119 e. The minimum Gasteiger partial charge on any atom is -0.494 e. The van der Waals surface area contributed by atoms with Crippen LogP contribution in [0.2, 0.25) is 0 Å². The first-order valence-electron chi connectivity index (χ1n) is 11.9. The average molecular weight is 414 g/mol. The number of rotatable bonds is 8. The van der Waals surface area contributed by atoms with Gasteiger partial charge in [-0.15, -0.1) is 0 Å². The summed E-state index contributed by atoms with van der Waals surface area (Å²) < 4.78 is 5.98. The Hall–Kier alpha value is -1.92. The molecule has 6 nitrogen and oxygen atoms in total. The summed E-state index contributed by atoms with van der Waals surface area (Å²) in [7, 11) is 0. The fraction of sp³-hybridized carbons (Fsp3) is 0.667. The van der Waals surface area contributed by atoms with Crippen LogP contribution in [0.4, 0.5) is 5.69 Å². The first kappa shape index (κ1) is 21.3. The highest BCUT2D eigenvalue weighted by Gasteiger charge is 2.22. The van der Waals surface area contributed by atoms with Gasteiger partial charge < -0.3 is 29.7 Å². The van der Waals surface area contributed by atoms with Gasteiger partial charge in [0.05, 0.1) is 12.4 Å². The zero-order valence-electron chi connectivity index (χ0n) is 18.5. The van der Waals surface area contributed by atoms with E-state index in [1.54, 1.807) is 0 Å². The monoisotopic (exact) mass is 413 g/mol. The number of likely N-dealkylation sites (tertiary alicyclic amines) is 1. The molecule has 0 saturated carbocycles. The van der Waals surface area contributed by atoms with Crippen molar-refractivity contribution in [2.45, 2.75) is 25.7 Å². The largest absolute Gasteiger partial charge is 0.494 e. The molecule has 0 amide bonds. The van der Waals surface area contributed by atoms with E-state index in [-0.39, 0.29) is 0 Å². The SMILES string of the molecule is C=C(N1CCNCC1)N1CCN(c2ccc(OCCCN3CCCCC3)cc2)CC1. The maximum atomic E-state index is 5.98. The summed E-state index contributed by atoms with van der Waals surface area (Å²) >= 11 is 0. The number of hydrogen-bond donors (Lipinski definition) is 1. The van der Waals surface area contributed by atoms with Crippen molar-refractivity contribution < 1.29 is 4.74 Å². The number of anilines is 1. The van der Waals surface area contributed by atoms with Crippen LogP contribution in [0.1, 0.15) is 25.7 Å². The third-order valence-corrected chi connectivity index (χ3v) is 6.66. The van der Waals surface area contributed by atoms with E-state index in [1.807, 2.05) is 0 Å². The number of ether oxygens (including phenoxy) is 1. The molecule has 0 aliphatic carbocycles. The van der Waals surface area contributed by atoms with Crippen molar-refractivity contribution >= 4 is 5.69 Å². The van der Waals surface area contributed by atoms with Crippen LogP contribution in [-0.4, -0.2) is 93.3 Å². The average Bonchev–Trinajstić information content (AvgIpc) is 2.83. The Morgan fingerprint density at radius 1 is 0.833 bits per heavy atom. The van der Waals surface area contributed by atoms with Crippen molar-refractivity contribution in [2.24, 2.45) is 0 Å². The molecule has 3 saturated heterocycles. The first-order valence-corrected chi connectivity index (χ1v) is 11.9. The lowest BCUT2D eigenvalue weighted by atomic mass is 10.1. The van der Waals surface area contributed by atoms with Crippen LogP contribution < -0.4 is 15.0 Å². The van der Waals surface area contributed by atoms with E-state index in [0.29, 0.717) is 0 Å². The Balaban J connectivity index is 1.17. The van der Waals surface area contributed by atoms with Crippen LogP contribution in [0.3, 0.4) is 0 Å². The smallest absolute Gasteiger partial charge is 0.119 e. The van der Waals surface area contributed by atoms with E-state index in [9.17, 15) is 0 Å². The van der Waals surface area contributed by atoms with Gasteiger partial charge in [-0.05, 0) is 56.6 Å². The summed E-state index contributed by atoms with van der Waals surface area (Å²) in [6, 6.07) is 8.67. The molecule has 0 bridgehead atoms. The standard InChI is InChI=1S/C24H39N5O/c1-22(27-15-10-25-11-16-27)28-17-19-29(20-18-28)23-6-8-24(9-7-23)30-21-5-14-26-12-3-2-4-13-26/h6-9,25H,1-5,10-21H2. The molecule has 6 heteroatoms. The molecule has 1 aromatic rings. The molecule has 3 aliphatic rings. The van der Waals surface area contributed by atoms with Gasteiger partial charge >= 0.3 is 0 Å². The number of benzene rings is 1. The number of nitrogens with one attached hydrogen (secondary N) is 1. The maximum absolute atomic E-state index is 5.98. The Kier molecular flexibility index (Phi) is 7.76. The minimum atomic E-state index is 0.808. The van der Waals surface area contributed by atoms with E-state index in [1.165, 1.54) is 50.4 Å². The van der Waals surface area contributed by atoms with Crippen molar-refractivity contribution in [1.29, 1.82) is 0 Å². The summed E-state index contributed by atoms with van der Waals surface area (Å²) in [5.41, 5.74) is 1.29. The highest BCUT2D eigenvalue weighted by atomic mass is 16.5. The number of piperidine rings is 1. The van der Waals surface area contributed by atoms with E-state index >= 15 is 0 Å². The molecule has 0 unspecified atom stereocenters. The summed E-state index contributed by atoms with van der Waals surface area (Å²) in [6.45, 7) is 17.3. The predicted octanol–water partition coefficient (Wildman–Crippen LogP) is 2.44. The lowest BCUT2D eigenvalue weighted by Crippen LogP contribution is -2.51. The van der Waals surface area contributed by atoms with Gasteiger partial charge in [0, 0.05) is 64.6 Å². The van der Waals surface area contributed by atoms with Crippen LogP contribution in [0.25, 0.3) is 0 Å². The van der Waals surface area contributed by atoms with E-state index < -0.39 is 0 Å². The highest BCUT2D eigenvalue weighted by Crippen LogP contribution is 2.22.